The largest absolute Gasteiger partial charge is 0.317 e. The third kappa shape index (κ3) is 2.32. The minimum absolute atomic E-state index is 0.0830. The Balaban J connectivity index is 2.27. The molecule has 96 valence electrons. The number of imide groups is 1. The van der Waals surface area contributed by atoms with Crippen LogP contribution in [-0.4, -0.2) is 35.2 Å². The first-order valence-corrected chi connectivity index (χ1v) is 6.91. The van der Waals surface area contributed by atoms with Crippen molar-refractivity contribution < 1.29 is 14.4 Å². The van der Waals surface area contributed by atoms with Gasteiger partial charge in [-0.1, -0.05) is 0 Å². The Morgan fingerprint density at radius 1 is 1.56 bits per heavy atom. The number of nitrogens with one attached hydrogen (secondary N) is 1. The van der Waals surface area contributed by atoms with Gasteiger partial charge in [0, 0.05) is 0 Å². The Bertz CT molecular complexity index is 521. The van der Waals surface area contributed by atoms with Crippen LogP contribution in [0.2, 0.25) is 0 Å². The van der Waals surface area contributed by atoms with Gasteiger partial charge in [0.1, 0.15) is 12.6 Å². The van der Waals surface area contributed by atoms with E-state index in [1.165, 1.54) is 16.2 Å². The van der Waals surface area contributed by atoms with E-state index < -0.39 is 17.9 Å². The van der Waals surface area contributed by atoms with Crippen LogP contribution < -0.4 is 5.32 Å². The average Bonchev–Trinajstić information content (AvgIpc) is 2.63. The molecule has 1 aromatic heterocycles. The van der Waals surface area contributed by atoms with Gasteiger partial charge >= 0.3 is 0 Å². The van der Waals surface area contributed by atoms with Crippen molar-refractivity contribution >= 4 is 45.0 Å². The van der Waals surface area contributed by atoms with Crippen LogP contribution in [0.25, 0.3) is 0 Å². The van der Waals surface area contributed by atoms with Crippen molar-refractivity contribution in [2.75, 3.05) is 6.54 Å². The van der Waals surface area contributed by atoms with Gasteiger partial charge in [0.05, 0.1) is 8.66 Å². The van der Waals surface area contributed by atoms with Gasteiger partial charge in [0.2, 0.25) is 11.8 Å². The molecule has 2 heterocycles. The summed E-state index contributed by atoms with van der Waals surface area (Å²) in [6, 6.07) is 1.12. The molecule has 1 aliphatic rings. The number of hydrogen-bond acceptors (Lipinski definition) is 4. The predicted molar refractivity (Wildman–Crippen MR) is 70.4 cm³/mol. The van der Waals surface area contributed by atoms with Gasteiger partial charge in [0.25, 0.3) is 5.91 Å². The van der Waals surface area contributed by atoms with Crippen LogP contribution in [0, 0.1) is 6.92 Å². The second-order valence-corrected chi connectivity index (χ2v) is 6.46. The normalized spacial score (nSPS) is 19.9. The fourth-order valence-corrected chi connectivity index (χ4v) is 3.16. The SMILES string of the molecule is Cc1cc(C(=O)N2CC(=O)NC(=O)C2C)sc1Br. The molecule has 0 bridgehead atoms. The number of hydrogen-bond donors (Lipinski definition) is 1. The zero-order chi connectivity index (χ0) is 13.4. The number of thiophene rings is 1. The highest BCUT2D eigenvalue weighted by molar-refractivity contribution is 9.11. The highest BCUT2D eigenvalue weighted by Crippen LogP contribution is 2.28. The minimum Gasteiger partial charge on any atom is -0.317 e. The third-order valence-corrected chi connectivity index (χ3v) is 4.88. The number of rotatable bonds is 1. The summed E-state index contributed by atoms with van der Waals surface area (Å²) in [5.74, 6) is -1.17. The topological polar surface area (TPSA) is 66.5 Å². The highest BCUT2D eigenvalue weighted by atomic mass is 79.9. The van der Waals surface area contributed by atoms with Gasteiger partial charge in [-0.15, -0.1) is 11.3 Å². The molecule has 0 spiro atoms. The van der Waals surface area contributed by atoms with E-state index >= 15 is 0 Å². The predicted octanol–water partition coefficient (Wildman–Crippen LogP) is 1.31. The first-order chi connectivity index (χ1) is 8.40. The molecular weight excluding hydrogens is 320 g/mol. The van der Waals surface area contributed by atoms with E-state index in [4.69, 9.17) is 0 Å². The maximum Gasteiger partial charge on any atom is 0.265 e. The van der Waals surface area contributed by atoms with E-state index in [1.54, 1.807) is 13.0 Å². The standard InChI is InChI=1S/C11H11BrN2O3S/c1-5-3-7(18-9(5)12)11(17)14-4-8(15)13-10(16)6(14)2/h3,6H,4H2,1-2H3,(H,13,15,16). The minimum atomic E-state index is -0.628. The van der Waals surface area contributed by atoms with Crippen LogP contribution in [0.5, 0.6) is 0 Å². The number of carbonyl (C=O) groups is 3. The van der Waals surface area contributed by atoms with Crippen LogP contribution in [0.3, 0.4) is 0 Å². The molecule has 1 aliphatic heterocycles. The van der Waals surface area contributed by atoms with Gasteiger partial charge in [-0.2, -0.15) is 0 Å². The van der Waals surface area contributed by atoms with Crippen molar-refractivity contribution in [2.24, 2.45) is 0 Å². The van der Waals surface area contributed by atoms with Crippen molar-refractivity contribution in [3.8, 4) is 0 Å². The molecule has 3 amide bonds. The lowest BCUT2D eigenvalue weighted by Crippen LogP contribution is -2.58. The van der Waals surface area contributed by atoms with Crippen LogP contribution in [0.4, 0.5) is 0 Å². The quantitative estimate of drug-likeness (QED) is 0.789. The Morgan fingerprint density at radius 3 is 2.78 bits per heavy atom. The van der Waals surface area contributed by atoms with Crippen molar-refractivity contribution in [3.63, 3.8) is 0 Å². The molecule has 0 radical (unpaired) electrons. The van der Waals surface area contributed by atoms with Crippen LogP contribution in [-0.2, 0) is 9.59 Å². The van der Waals surface area contributed by atoms with Crippen molar-refractivity contribution in [1.29, 1.82) is 0 Å². The van der Waals surface area contributed by atoms with Gasteiger partial charge in [0.15, 0.2) is 0 Å². The van der Waals surface area contributed by atoms with Gasteiger partial charge in [-0.25, -0.2) is 0 Å². The zero-order valence-corrected chi connectivity index (χ0v) is 12.2. The fraction of sp³-hybridized carbons (Fsp3) is 0.364. The summed E-state index contributed by atoms with van der Waals surface area (Å²) in [5, 5.41) is 2.20. The number of carbonyl (C=O) groups excluding carboxylic acids is 3. The summed E-state index contributed by atoms with van der Waals surface area (Å²) in [7, 11) is 0. The van der Waals surface area contributed by atoms with E-state index in [0.29, 0.717) is 4.88 Å². The molecule has 5 nitrogen and oxygen atoms in total. The number of nitrogens with zero attached hydrogens (tertiary/aromatic N) is 1. The smallest absolute Gasteiger partial charge is 0.265 e. The fourth-order valence-electron chi connectivity index (χ4n) is 1.67. The van der Waals surface area contributed by atoms with E-state index in [9.17, 15) is 14.4 Å². The lowest BCUT2D eigenvalue weighted by molar-refractivity contribution is -0.138. The second-order valence-electron chi connectivity index (χ2n) is 4.09. The summed E-state index contributed by atoms with van der Waals surface area (Å²) in [4.78, 5) is 36.9. The zero-order valence-electron chi connectivity index (χ0n) is 9.82. The lowest BCUT2D eigenvalue weighted by atomic mass is 10.2. The summed E-state index contributed by atoms with van der Waals surface area (Å²) in [5.41, 5.74) is 0.962. The molecule has 2 rings (SSSR count). The maximum absolute atomic E-state index is 12.3. The Morgan fingerprint density at radius 2 is 2.22 bits per heavy atom. The number of aryl methyl sites for hydroxylation is 1. The molecule has 7 heteroatoms. The molecule has 18 heavy (non-hydrogen) atoms. The number of piperazine rings is 1. The van der Waals surface area contributed by atoms with Gasteiger partial charge in [-0.05, 0) is 41.4 Å². The molecule has 0 saturated carbocycles. The molecule has 0 aliphatic carbocycles. The van der Waals surface area contributed by atoms with E-state index in [2.05, 4.69) is 21.2 Å². The van der Waals surface area contributed by atoms with Crippen LogP contribution in [0.15, 0.2) is 9.85 Å². The second kappa shape index (κ2) is 4.81. The molecule has 1 atom stereocenters. The van der Waals surface area contributed by atoms with Gasteiger partial charge < -0.3 is 4.90 Å². The summed E-state index contributed by atoms with van der Waals surface area (Å²) < 4.78 is 0.881. The molecular formula is C11H11BrN2O3S. The Labute approximate surface area is 116 Å². The lowest BCUT2D eigenvalue weighted by Gasteiger charge is -2.31. The third-order valence-electron chi connectivity index (χ3n) is 2.75. The van der Waals surface area contributed by atoms with E-state index in [0.717, 1.165) is 9.35 Å². The molecule has 1 N–H and O–H groups in total. The molecule has 1 aromatic rings. The highest BCUT2D eigenvalue weighted by Gasteiger charge is 2.34. The molecule has 1 fully saturated rings. The number of halogens is 1. The summed E-state index contributed by atoms with van der Waals surface area (Å²) in [6.45, 7) is 3.41. The Kier molecular flexibility index (Phi) is 3.54. The van der Waals surface area contributed by atoms with Crippen molar-refractivity contribution in [3.05, 3.63) is 20.3 Å². The first-order valence-electron chi connectivity index (χ1n) is 5.30. The maximum atomic E-state index is 12.3. The number of amides is 3. The molecule has 1 saturated heterocycles. The van der Waals surface area contributed by atoms with Crippen LogP contribution in [0.1, 0.15) is 22.2 Å². The van der Waals surface area contributed by atoms with Gasteiger partial charge in [-0.3, -0.25) is 19.7 Å². The van der Waals surface area contributed by atoms with Crippen molar-refractivity contribution in [2.45, 2.75) is 19.9 Å². The summed E-state index contributed by atoms with van der Waals surface area (Å²) in [6.07, 6.45) is 0. The average molecular weight is 331 g/mol. The first kappa shape index (κ1) is 13.2. The molecule has 0 aromatic carbocycles. The monoisotopic (exact) mass is 330 g/mol. The Hall–Kier alpha value is -1.21. The van der Waals surface area contributed by atoms with E-state index in [1.807, 2.05) is 6.92 Å². The van der Waals surface area contributed by atoms with Crippen LogP contribution >= 0.6 is 27.3 Å². The summed E-state index contributed by atoms with van der Waals surface area (Å²) >= 11 is 4.65. The van der Waals surface area contributed by atoms with Crippen molar-refractivity contribution in [1.82, 2.24) is 10.2 Å². The van der Waals surface area contributed by atoms with E-state index in [-0.39, 0.29) is 12.5 Å². The molecule has 1 unspecified atom stereocenters.